The van der Waals surface area contributed by atoms with Crippen LogP contribution in [0.4, 0.5) is 4.39 Å². The Balaban J connectivity index is 1.72. The average Bonchev–Trinajstić information content (AvgIpc) is 3.50. The number of methoxy groups -OCH3 is 1. The van der Waals surface area contributed by atoms with Crippen LogP contribution in [0.1, 0.15) is 36.4 Å². The number of carboxylic acid groups (broad SMARTS) is 1. The normalized spacial score (nSPS) is 21.4. The van der Waals surface area contributed by atoms with Crippen LogP contribution in [0.2, 0.25) is 0 Å². The maximum absolute atomic E-state index is 14.7. The molecule has 2 aliphatic heterocycles. The number of halogens is 1. The van der Waals surface area contributed by atoms with Gasteiger partial charge in [-0.3, -0.25) is 9.69 Å². The van der Waals surface area contributed by atoms with Gasteiger partial charge in [0.2, 0.25) is 16.8 Å². The predicted molar refractivity (Wildman–Crippen MR) is 135 cm³/mol. The Hall–Kier alpha value is -3.15. The fourth-order valence-corrected chi connectivity index (χ4v) is 6.15. The molecule has 2 aromatic rings. The zero-order valence-electron chi connectivity index (χ0n) is 20.8. The van der Waals surface area contributed by atoms with E-state index in [2.05, 4.69) is 6.58 Å². The first kappa shape index (κ1) is 26.9. The lowest BCUT2D eigenvalue weighted by Gasteiger charge is -2.29. The molecule has 0 saturated carbocycles. The number of ether oxygens (including phenoxy) is 3. The number of rotatable bonds is 11. The molecule has 0 bridgehead atoms. The molecular formula is C26H31FN2O7S. The first-order valence-electron chi connectivity index (χ1n) is 12.0. The van der Waals surface area contributed by atoms with E-state index in [1.807, 2.05) is 17.9 Å². The van der Waals surface area contributed by atoms with Crippen molar-refractivity contribution in [2.24, 2.45) is 5.92 Å². The van der Waals surface area contributed by atoms with Crippen molar-refractivity contribution in [1.29, 1.82) is 0 Å². The Labute approximate surface area is 216 Å². The highest BCUT2D eigenvalue weighted by Gasteiger charge is 2.47. The average molecular weight is 535 g/mol. The number of fused-ring (bicyclic) bond motifs is 1. The summed E-state index contributed by atoms with van der Waals surface area (Å²) in [6.07, 6.45) is 0.609. The Morgan fingerprint density at radius 3 is 2.59 bits per heavy atom. The van der Waals surface area contributed by atoms with Crippen molar-refractivity contribution >= 4 is 16.0 Å². The summed E-state index contributed by atoms with van der Waals surface area (Å²) in [6, 6.07) is 9.06. The van der Waals surface area contributed by atoms with Gasteiger partial charge in [0.1, 0.15) is 0 Å². The Kier molecular flexibility index (Phi) is 8.05. The molecule has 0 radical (unpaired) electrons. The van der Waals surface area contributed by atoms with Crippen LogP contribution in [0, 0.1) is 11.7 Å². The van der Waals surface area contributed by atoms with Crippen LogP contribution in [-0.4, -0.2) is 68.8 Å². The van der Waals surface area contributed by atoms with Crippen molar-refractivity contribution in [3.8, 4) is 17.2 Å². The minimum absolute atomic E-state index is 0.0543. The summed E-state index contributed by atoms with van der Waals surface area (Å²) in [5.41, 5.74) is 1.23. The molecule has 200 valence electrons. The van der Waals surface area contributed by atoms with E-state index < -0.39 is 39.7 Å². The molecule has 0 aliphatic carbocycles. The molecule has 1 N–H and O–H groups in total. The lowest BCUT2D eigenvalue weighted by atomic mass is 9.82. The summed E-state index contributed by atoms with van der Waals surface area (Å²) in [5, 5.41) is 11.3. The van der Waals surface area contributed by atoms with Crippen LogP contribution < -0.4 is 14.2 Å². The number of carboxylic acids is 1. The zero-order valence-corrected chi connectivity index (χ0v) is 21.6. The molecule has 4 rings (SSSR count). The van der Waals surface area contributed by atoms with E-state index in [1.165, 1.54) is 23.5 Å². The van der Waals surface area contributed by atoms with Crippen LogP contribution in [0.15, 0.2) is 48.4 Å². The fraction of sp³-hybridized carbons (Fsp3) is 0.423. The molecule has 0 spiro atoms. The third-order valence-electron chi connectivity index (χ3n) is 6.91. The third-order valence-corrected chi connectivity index (χ3v) is 8.41. The molecule has 37 heavy (non-hydrogen) atoms. The number of nitrogens with zero attached hydrogens (tertiary/aromatic N) is 2. The van der Waals surface area contributed by atoms with Gasteiger partial charge in [-0.25, -0.2) is 12.8 Å². The maximum Gasteiger partial charge on any atom is 0.309 e. The number of benzene rings is 2. The van der Waals surface area contributed by atoms with Gasteiger partial charge in [-0.1, -0.05) is 25.6 Å². The molecule has 11 heteroatoms. The summed E-state index contributed by atoms with van der Waals surface area (Å²) in [7, 11) is -2.31. The second kappa shape index (κ2) is 11.1. The van der Waals surface area contributed by atoms with Gasteiger partial charge in [0.15, 0.2) is 23.1 Å². The van der Waals surface area contributed by atoms with E-state index in [1.54, 1.807) is 18.2 Å². The molecule has 2 aliphatic rings. The van der Waals surface area contributed by atoms with Crippen molar-refractivity contribution in [1.82, 2.24) is 9.21 Å². The Morgan fingerprint density at radius 1 is 1.22 bits per heavy atom. The number of hydrogen-bond donors (Lipinski definition) is 1. The Bertz CT molecular complexity index is 1270. The van der Waals surface area contributed by atoms with Crippen LogP contribution in [-0.2, 0) is 14.8 Å². The quantitative estimate of drug-likeness (QED) is 0.466. The topological polar surface area (TPSA) is 106 Å². The van der Waals surface area contributed by atoms with Gasteiger partial charge >= 0.3 is 5.97 Å². The largest absolute Gasteiger partial charge is 0.494 e. The molecule has 1 fully saturated rings. The molecule has 3 unspecified atom stereocenters. The first-order chi connectivity index (χ1) is 17.7. The van der Waals surface area contributed by atoms with Crippen LogP contribution in [0.5, 0.6) is 17.2 Å². The standard InChI is InChI=1S/C26H31FN2O7S/c1-4-10-29(37(32,33)5-2)12-11-28-15-19(17-6-9-22-23(14-17)36-16-35-22)24(26(30)31)25(28)18-7-8-21(34-3)20(27)13-18/h5-9,13-14,19,24-25H,2,4,10-12,15-16H2,1,3H3,(H,30,31). The molecule has 9 nitrogen and oxygen atoms in total. The van der Waals surface area contributed by atoms with Gasteiger partial charge < -0.3 is 19.3 Å². The molecule has 3 atom stereocenters. The van der Waals surface area contributed by atoms with E-state index in [0.29, 0.717) is 36.6 Å². The summed E-state index contributed by atoms with van der Waals surface area (Å²) < 4.78 is 57.1. The number of carbonyl (C=O) groups is 1. The fourth-order valence-electron chi connectivity index (χ4n) is 5.17. The van der Waals surface area contributed by atoms with Crippen molar-refractivity contribution in [2.45, 2.75) is 25.3 Å². The van der Waals surface area contributed by atoms with Gasteiger partial charge in [-0.05, 0) is 41.8 Å². The number of aliphatic carboxylic acids is 1. The Morgan fingerprint density at radius 2 is 1.95 bits per heavy atom. The molecule has 2 heterocycles. The summed E-state index contributed by atoms with van der Waals surface area (Å²) in [4.78, 5) is 14.6. The second-order valence-corrected chi connectivity index (χ2v) is 10.9. The lowest BCUT2D eigenvalue weighted by molar-refractivity contribution is -0.143. The van der Waals surface area contributed by atoms with Gasteiger partial charge in [0.25, 0.3) is 0 Å². The number of hydrogen-bond acceptors (Lipinski definition) is 7. The molecule has 0 amide bonds. The van der Waals surface area contributed by atoms with Crippen LogP contribution in [0.25, 0.3) is 0 Å². The van der Waals surface area contributed by atoms with E-state index in [-0.39, 0.29) is 25.6 Å². The lowest BCUT2D eigenvalue weighted by Crippen LogP contribution is -2.39. The molecule has 1 saturated heterocycles. The summed E-state index contributed by atoms with van der Waals surface area (Å²) in [5.74, 6) is -1.84. The van der Waals surface area contributed by atoms with E-state index >= 15 is 0 Å². The summed E-state index contributed by atoms with van der Waals surface area (Å²) in [6.45, 7) is 6.40. The molecule has 0 aromatic heterocycles. The van der Waals surface area contributed by atoms with Crippen LogP contribution >= 0.6 is 0 Å². The van der Waals surface area contributed by atoms with E-state index in [4.69, 9.17) is 14.2 Å². The SMILES string of the molecule is C=CS(=O)(=O)N(CCC)CCN1CC(c2ccc3c(c2)OCO3)C(C(=O)O)C1c1ccc(OC)c(F)c1. The summed E-state index contributed by atoms with van der Waals surface area (Å²) >= 11 is 0. The van der Waals surface area contributed by atoms with Crippen molar-refractivity contribution in [2.75, 3.05) is 40.1 Å². The highest BCUT2D eigenvalue weighted by molar-refractivity contribution is 7.92. The first-order valence-corrected chi connectivity index (χ1v) is 13.5. The number of sulfonamides is 1. The highest BCUT2D eigenvalue weighted by atomic mass is 32.2. The van der Waals surface area contributed by atoms with Gasteiger partial charge in [-0.15, -0.1) is 0 Å². The number of likely N-dealkylation sites (tertiary alicyclic amines) is 1. The molecule has 2 aromatic carbocycles. The van der Waals surface area contributed by atoms with Crippen molar-refractivity contribution in [3.05, 3.63) is 65.3 Å². The zero-order chi connectivity index (χ0) is 26.7. The minimum atomic E-state index is -3.67. The van der Waals surface area contributed by atoms with E-state index in [9.17, 15) is 22.7 Å². The van der Waals surface area contributed by atoms with Gasteiger partial charge in [0.05, 0.1) is 13.0 Å². The van der Waals surface area contributed by atoms with Gasteiger partial charge in [-0.2, -0.15) is 4.31 Å². The third kappa shape index (κ3) is 5.43. The smallest absolute Gasteiger partial charge is 0.309 e. The predicted octanol–water partition coefficient (Wildman–Crippen LogP) is 3.59. The highest BCUT2D eigenvalue weighted by Crippen LogP contribution is 2.48. The second-order valence-electron chi connectivity index (χ2n) is 9.03. The van der Waals surface area contributed by atoms with Crippen molar-refractivity contribution < 1.29 is 36.9 Å². The van der Waals surface area contributed by atoms with Gasteiger partial charge in [0, 0.05) is 43.5 Å². The van der Waals surface area contributed by atoms with E-state index in [0.717, 1.165) is 11.0 Å². The monoisotopic (exact) mass is 534 g/mol. The maximum atomic E-state index is 14.7. The van der Waals surface area contributed by atoms with Crippen molar-refractivity contribution in [3.63, 3.8) is 0 Å². The molecular weight excluding hydrogens is 503 g/mol. The minimum Gasteiger partial charge on any atom is -0.494 e. The van der Waals surface area contributed by atoms with Crippen LogP contribution in [0.3, 0.4) is 0 Å².